The zero-order chi connectivity index (χ0) is 19.2. The van der Waals surface area contributed by atoms with Crippen LogP contribution in [-0.2, 0) is 10.0 Å². The number of rotatable bonds is 3. The van der Waals surface area contributed by atoms with Gasteiger partial charge in [-0.05, 0) is 53.5 Å². The number of aryl methyl sites for hydroxylation is 2. The van der Waals surface area contributed by atoms with Crippen molar-refractivity contribution in [3.8, 4) is 11.1 Å². The predicted molar refractivity (Wildman–Crippen MR) is 111 cm³/mol. The smallest absolute Gasteiger partial charge is 0.236 e. The normalized spacial score (nSPS) is 11.8. The summed E-state index contributed by atoms with van der Waals surface area (Å²) in [4.78, 5) is 4.64. The van der Waals surface area contributed by atoms with Gasteiger partial charge < -0.3 is 0 Å². The minimum absolute atomic E-state index is 0.241. The Kier molecular flexibility index (Phi) is 4.40. The molecule has 0 saturated carbocycles. The predicted octanol–water partition coefficient (Wildman–Crippen LogP) is 5.32. The van der Waals surface area contributed by atoms with Crippen LogP contribution >= 0.6 is 15.9 Å². The van der Waals surface area contributed by atoms with Crippen molar-refractivity contribution in [2.24, 2.45) is 0 Å². The Morgan fingerprint density at radius 3 is 2.41 bits per heavy atom. The maximum Gasteiger partial charge on any atom is 0.269 e. The first-order valence-corrected chi connectivity index (χ1v) is 10.7. The Balaban J connectivity index is 2.01. The summed E-state index contributed by atoms with van der Waals surface area (Å²) in [6.07, 6.45) is 3.28. The lowest BCUT2D eigenvalue weighted by atomic mass is 10.0. The molecule has 0 amide bonds. The van der Waals surface area contributed by atoms with Crippen LogP contribution in [0.15, 0.2) is 76.4 Å². The van der Waals surface area contributed by atoms with Crippen molar-refractivity contribution in [1.82, 2.24) is 8.96 Å². The third kappa shape index (κ3) is 3.19. The van der Waals surface area contributed by atoms with Gasteiger partial charge in [0.2, 0.25) is 0 Å². The summed E-state index contributed by atoms with van der Waals surface area (Å²) < 4.78 is 28.6. The van der Waals surface area contributed by atoms with Gasteiger partial charge in [-0.1, -0.05) is 47.5 Å². The SMILES string of the molecule is Cc1ccc(S(=O)(=O)n2cc(-c3cccc(C)c3)c3cc(Br)cnc32)cc1. The van der Waals surface area contributed by atoms with E-state index in [1.54, 1.807) is 36.7 Å². The fraction of sp³-hybridized carbons (Fsp3) is 0.0952. The highest BCUT2D eigenvalue weighted by atomic mass is 79.9. The summed E-state index contributed by atoms with van der Waals surface area (Å²) in [5.41, 5.74) is 4.32. The first-order chi connectivity index (χ1) is 12.9. The monoisotopic (exact) mass is 440 g/mol. The molecule has 136 valence electrons. The van der Waals surface area contributed by atoms with Crippen molar-refractivity contribution < 1.29 is 8.42 Å². The largest absolute Gasteiger partial charge is 0.269 e. The highest BCUT2D eigenvalue weighted by Gasteiger charge is 2.23. The Morgan fingerprint density at radius 2 is 1.70 bits per heavy atom. The Labute approximate surface area is 166 Å². The van der Waals surface area contributed by atoms with Crippen LogP contribution in [0.4, 0.5) is 0 Å². The van der Waals surface area contributed by atoms with E-state index >= 15 is 0 Å². The summed E-state index contributed by atoms with van der Waals surface area (Å²) in [6.45, 7) is 3.94. The molecule has 0 N–H and O–H groups in total. The summed E-state index contributed by atoms with van der Waals surface area (Å²) in [5, 5.41) is 0.783. The van der Waals surface area contributed by atoms with Crippen molar-refractivity contribution in [2.75, 3.05) is 0 Å². The van der Waals surface area contributed by atoms with E-state index in [-0.39, 0.29) is 4.90 Å². The summed E-state index contributed by atoms with van der Waals surface area (Å²) in [6, 6.07) is 16.7. The number of hydrogen-bond donors (Lipinski definition) is 0. The van der Waals surface area contributed by atoms with Crippen LogP contribution in [0, 0.1) is 13.8 Å². The van der Waals surface area contributed by atoms with Gasteiger partial charge >= 0.3 is 0 Å². The molecule has 0 unspecified atom stereocenters. The number of halogens is 1. The van der Waals surface area contributed by atoms with Crippen LogP contribution in [0.3, 0.4) is 0 Å². The van der Waals surface area contributed by atoms with Crippen LogP contribution in [-0.4, -0.2) is 17.4 Å². The number of benzene rings is 2. The summed E-state index contributed by atoms with van der Waals surface area (Å²) >= 11 is 3.44. The van der Waals surface area contributed by atoms with Gasteiger partial charge in [-0.25, -0.2) is 17.4 Å². The first-order valence-electron chi connectivity index (χ1n) is 8.42. The average molecular weight is 441 g/mol. The topological polar surface area (TPSA) is 52.0 Å². The van der Waals surface area contributed by atoms with Crippen molar-refractivity contribution in [2.45, 2.75) is 18.7 Å². The molecule has 4 rings (SSSR count). The quantitative estimate of drug-likeness (QED) is 0.433. The number of hydrogen-bond acceptors (Lipinski definition) is 3. The summed E-state index contributed by atoms with van der Waals surface area (Å²) in [5.74, 6) is 0. The number of pyridine rings is 1. The zero-order valence-electron chi connectivity index (χ0n) is 14.8. The highest BCUT2D eigenvalue weighted by molar-refractivity contribution is 9.10. The van der Waals surface area contributed by atoms with Crippen LogP contribution in [0.25, 0.3) is 22.2 Å². The molecule has 0 bridgehead atoms. The van der Waals surface area contributed by atoms with E-state index in [0.717, 1.165) is 32.1 Å². The minimum atomic E-state index is -3.75. The van der Waals surface area contributed by atoms with Crippen LogP contribution in [0.5, 0.6) is 0 Å². The second kappa shape index (κ2) is 6.62. The molecule has 27 heavy (non-hydrogen) atoms. The van der Waals surface area contributed by atoms with Crippen molar-refractivity contribution in [1.29, 1.82) is 0 Å². The van der Waals surface area contributed by atoms with E-state index in [1.165, 1.54) is 3.97 Å². The molecule has 0 radical (unpaired) electrons. The molecule has 2 heterocycles. The van der Waals surface area contributed by atoms with Gasteiger partial charge in [0.1, 0.15) is 0 Å². The Bertz CT molecular complexity index is 1260. The molecule has 0 spiro atoms. The number of aromatic nitrogens is 2. The number of fused-ring (bicyclic) bond motifs is 1. The van der Waals surface area contributed by atoms with Gasteiger partial charge in [-0.15, -0.1) is 0 Å². The molecule has 2 aromatic heterocycles. The Morgan fingerprint density at radius 1 is 0.963 bits per heavy atom. The van der Waals surface area contributed by atoms with Gasteiger partial charge in [-0.3, -0.25) is 0 Å². The van der Waals surface area contributed by atoms with Gasteiger partial charge in [0, 0.05) is 27.8 Å². The van der Waals surface area contributed by atoms with E-state index in [4.69, 9.17) is 0 Å². The van der Waals surface area contributed by atoms with Crippen LogP contribution in [0.2, 0.25) is 0 Å². The van der Waals surface area contributed by atoms with E-state index in [1.807, 2.05) is 44.2 Å². The van der Waals surface area contributed by atoms with Crippen LogP contribution in [0.1, 0.15) is 11.1 Å². The molecule has 0 atom stereocenters. The standard InChI is InChI=1S/C21H17BrN2O2S/c1-14-6-8-18(9-7-14)27(25,26)24-13-20(16-5-3-4-15(2)10-16)19-11-17(22)12-23-21(19)24/h3-13H,1-2H3. The molecule has 0 aliphatic heterocycles. The van der Waals surface area contributed by atoms with Gasteiger partial charge in [0.15, 0.2) is 5.65 Å². The Hall–Kier alpha value is -2.44. The molecule has 0 saturated heterocycles. The van der Waals surface area contributed by atoms with Gasteiger partial charge in [0.05, 0.1) is 4.90 Å². The lowest BCUT2D eigenvalue weighted by Crippen LogP contribution is -2.12. The zero-order valence-corrected chi connectivity index (χ0v) is 17.3. The maximum absolute atomic E-state index is 13.3. The lowest BCUT2D eigenvalue weighted by molar-refractivity contribution is 0.589. The fourth-order valence-electron chi connectivity index (χ4n) is 3.10. The van der Waals surface area contributed by atoms with E-state index in [9.17, 15) is 8.42 Å². The number of nitrogens with zero attached hydrogens (tertiary/aromatic N) is 2. The molecule has 0 aliphatic rings. The molecule has 4 nitrogen and oxygen atoms in total. The second-order valence-corrected chi connectivity index (χ2v) is 9.28. The van der Waals surface area contributed by atoms with Crippen molar-refractivity contribution in [3.63, 3.8) is 0 Å². The van der Waals surface area contributed by atoms with Crippen molar-refractivity contribution in [3.05, 3.63) is 82.6 Å². The average Bonchev–Trinajstić information content (AvgIpc) is 3.01. The van der Waals surface area contributed by atoms with E-state index < -0.39 is 10.0 Å². The molecule has 0 fully saturated rings. The molecular formula is C21H17BrN2O2S. The molecule has 4 aromatic rings. The van der Waals surface area contributed by atoms with Crippen LogP contribution < -0.4 is 0 Å². The highest BCUT2D eigenvalue weighted by Crippen LogP contribution is 2.33. The maximum atomic E-state index is 13.3. The molecule has 0 aliphatic carbocycles. The fourth-order valence-corrected chi connectivity index (χ4v) is 4.76. The van der Waals surface area contributed by atoms with Gasteiger partial charge in [0.25, 0.3) is 10.0 Å². The lowest BCUT2D eigenvalue weighted by Gasteiger charge is -2.07. The molecule has 2 aromatic carbocycles. The second-order valence-electron chi connectivity index (χ2n) is 6.55. The summed E-state index contributed by atoms with van der Waals surface area (Å²) in [7, 11) is -3.75. The van der Waals surface area contributed by atoms with E-state index in [2.05, 4.69) is 20.9 Å². The molecular weight excluding hydrogens is 424 g/mol. The van der Waals surface area contributed by atoms with E-state index in [0.29, 0.717) is 5.65 Å². The third-order valence-electron chi connectivity index (χ3n) is 4.49. The first kappa shape index (κ1) is 17.9. The third-order valence-corrected chi connectivity index (χ3v) is 6.58. The van der Waals surface area contributed by atoms with Crippen molar-refractivity contribution >= 4 is 37.0 Å². The van der Waals surface area contributed by atoms with Gasteiger partial charge in [-0.2, -0.15) is 0 Å². The minimum Gasteiger partial charge on any atom is -0.236 e. The molecule has 6 heteroatoms.